The van der Waals surface area contributed by atoms with Crippen molar-refractivity contribution in [2.45, 2.75) is 26.9 Å². The van der Waals surface area contributed by atoms with Crippen molar-refractivity contribution in [2.24, 2.45) is 0 Å². The van der Waals surface area contributed by atoms with E-state index in [0.717, 1.165) is 17.7 Å². The Labute approximate surface area is 166 Å². The molecule has 0 spiro atoms. The summed E-state index contributed by atoms with van der Waals surface area (Å²) in [5.41, 5.74) is 0.441. The molecule has 0 radical (unpaired) electrons. The van der Waals surface area contributed by atoms with E-state index in [9.17, 15) is 13.6 Å². The third-order valence-corrected chi connectivity index (χ3v) is 3.77. The highest BCUT2D eigenvalue weighted by molar-refractivity contribution is 5.91. The number of carbonyl (C=O) groups excluding carboxylic acids is 1. The summed E-state index contributed by atoms with van der Waals surface area (Å²) in [7, 11) is 0. The van der Waals surface area contributed by atoms with Crippen molar-refractivity contribution < 1.29 is 27.8 Å². The smallest absolute Gasteiger partial charge is 0.346 e. The number of rotatable bonds is 6. The van der Waals surface area contributed by atoms with Crippen molar-refractivity contribution in [1.29, 1.82) is 0 Å². The molecule has 29 heavy (non-hydrogen) atoms. The van der Waals surface area contributed by atoms with Crippen LogP contribution in [0.5, 0.6) is 23.1 Å². The second-order valence-electron chi connectivity index (χ2n) is 6.57. The number of aryl methyl sites for hydroxylation is 1. The van der Waals surface area contributed by atoms with E-state index in [4.69, 9.17) is 14.2 Å². The van der Waals surface area contributed by atoms with E-state index in [2.05, 4.69) is 4.98 Å². The molecule has 0 unspecified atom stereocenters. The minimum Gasteiger partial charge on any atom is -0.475 e. The lowest BCUT2D eigenvalue weighted by atomic mass is 10.2. The lowest BCUT2D eigenvalue weighted by Gasteiger charge is -2.11. The molecule has 150 valence electrons. The maximum absolute atomic E-state index is 14.4. The predicted octanol–water partition coefficient (Wildman–Crippen LogP) is 5.47. The summed E-state index contributed by atoms with van der Waals surface area (Å²) >= 11 is 0. The fourth-order valence-electron chi connectivity index (χ4n) is 2.40. The van der Waals surface area contributed by atoms with Gasteiger partial charge in [-0.3, -0.25) is 0 Å². The number of ether oxygens (including phenoxy) is 3. The molecular weight excluding hydrogens is 380 g/mol. The van der Waals surface area contributed by atoms with E-state index < -0.39 is 23.2 Å². The molecule has 0 N–H and O–H groups in total. The number of hydrogen-bond donors (Lipinski definition) is 0. The quantitative estimate of drug-likeness (QED) is 0.407. The van der Waals surface area contributed by atoms with Gasteiger partial charge in [0.1, 0.15) is 17.3 Å². The minimum absolute atomic E-state index is 0.0481. The second kappa shape index (κ2) is 8.68. The van der Waals surface area contributed by atoms with Gasteiger partial charge in [-0.1, -0.05) is 17.7 Å². The topological polar surface area (TPSA) is 57.7 Å². The average Bonchev–Trinajstić information content (AvgIpc) is 2.67. The molecular formula is C22H19F2NO4. The monoisotopic (exact) mass is 399 g/mol. The number of nitrogens with zero attached hydrogens (tertiary/aromatic N) is 1. The van der Waals surface area contributed by atoms with E-state index in [0.29, 0.717) is 5.88 Å². The summed E-state index contributed by atoms with van der Waals surface area (Å²) in [5, 5.41) is 0. The highest BCUT2D eigenvalue weighted by Crippen LogP contribution is 2.28. The molecule has 5 nitrogen and oxygen atoms in total. The molecule has 0 bridgehead atoms. The number of pyridine rings is 1. The summed E-state index contributed by atoms with van der Waals surface area (Å²) in [6.07, 6.45) is 1.28. The van der Waals surface area contributed by atoms with Crippen LogP contribution in [0.1, 0.15) is 29.8 Å². The van der Waals surface area contributed by atoms with Gasteiger partial charge in [0.15, 0.2) is 11.6 Å². The van der Waals surface area contributed by atoms with Crippen molar-refractivity contribution in [3.05, 3.63) is 77.5 Å². The SMILES string of the molecule is Cc1ccc(OC(=O)c2cc(F)c(Oc3ccc(OC(C)C)nc3)cc2F)cc1. The highest BCUT2D eigenvalue weighted by atomic mass is 19.1. The molecule has 0 aliphatic rings. The predicted molar refractivity (Wildman–Crippen MR) is 103 cm³/mol. The lowest BCUT2D eigenvalue weighted by molar-refractivity contribution is 0.0729. The van der Waals surface area contributed by atoms with Crippen LogP contribution in [0.25, 0.3) is 0 Å². The van der Waals surface area contributed by atoms with Crippen molar-refractivity contribution in [3.8, 4) is 23.1 Å². The maximum atomic E-state index is 14.4. The first-order valence-corrected chi connectivity index (χ1v) is 8.90. The first kappa shape index (κ1) is 20.3. The number of halogens is 2. The van der Waals surface area contributed by atoms with Crippen LogP contribution < -0.4 is 14.2 Å². The van der Waals surface area contributed by atoms with E-state index in [1.165, 1.54) is 12.3 Å². The molecule has 0 aliphatic heterocycles. The first-order valence-electron chi connectivity index (χ1n) is 8.90. The van der Waals surface area contributed by atoms with Crippen LogP contribution in [-0.2, 0) is 0 Å². The molecule has 0 fully saturated rings. The van der Waals surface area contributed by atoms with Gasteiger partial charge in [-0.25, -0.2) is 18.6 Å². The lowest BCUT2D eigenvalue weighted by Crippen LogP contribution is -2.11. The second-order valence-corrected chi connectivity index (χ2v) is 6.57. The van der Waals surface area contributed by atoms with Crippen LogP contribution in [0.3, 0.4) is 0 Å². The largest absolute Gasteiger partial charge is 0.475 e. The van der Waals surface area contributed by atoms with Gasteiger partial charge >= 0.3 is 5.97 Å². The van der Waals surface area contributed by atoms with Crippen LogP contribution in [0.2, 0.25) is 0 Å². The Hall–Kier alpha value is -3.48. The Kier molecular flexibility index (Phi) is 6.07. The number of hydrogen-bond acceptors (Lipinski definition) is 5. The number of aromatic nitrogens is 1. The molecule has 2 aromatic carbocycles. The summed E-state index contributed by atoms with van der Waals surface area (Å²) in [4.78, 5) is 16.2. The van der Waals surface area contributed by atoms with Gasteiger partial charge in [-0.05, 0) is 45.0 Å². The fraction of sp³-hybridized carbons (Fsp3) is 0.182. The van der Waals surface area contributed by atoms with Gasteiger partial charge in [-0.2, -0.15) is 0 Å². The molecule has 1 aromatic heterocycles. The zero-order valence-electron chi connectivity index (χ0n) is 16.1. The first-order chi connectivity index (χ1) is 13.8. The van der Waals surface area contributed by atoms with Crippen molar-refractivity contribution in [3.63, 3.8) is 0 Å². The molecule has 0 saturated heterocycles. The molecule has 7 heteroatoms. The Morgan fingerprint density at radius 2 is 1.66 bits per heavy atom. The van der Waals surface area contributed by atoms with Crippen LogP contribution in [0.15, 0.2) is 54.7 Å². The number of carbonyl (C=O) groups is 1. The minimum atomic E-state index is -1.01. The summed E-state index contributed by atoms with van der Waals surface area (Å²) in [6.45, 7) is 5.59. The zero-order chi connectivity index (χ0) is 21.0. The van der Waals surface area contributed by atoms with Crippen molar-refractivity contribution >= 4 is 5.97 Å². The Balaban J connectivity index is 1.74. The fourth-order valence-corrected chi connectivity index (χ4v) is 2.40. The Bertz CT molecular complexity index is 1000. The van der Waals surface area contributed by atoms with Gasteiger partial charge in [0.2, 0.25) is 5.88 Å². The normalized spacial score (nSPS) is 10.7. The van der Waals surface area contributed by atoms with E-state index in [-0.39, 0.29) is 23.4 Å². The molecule has 0 amide bonds. The van der Waals surface area contributed by atoms with Gasteiger partial charge < -0.3 is 14.2 Å². The summed E-state index contributed by atoms with van der Waals surface area (Å²) < 4.78 is 44.6. The molecule has 0 atom stereocenters. The number of benzene rings is 2. The van der Waals surface area contributed by atoms with Gasteiger partial charge in [0.25, 0.3) is 0 Å². The van der Waals surface area contributed by atoms with E-state index in [1.807, 2.05) is 20.8 Å². The van der Waals surface area contributed by atoms with Crippen LogP contribution in [-0.4, -0.2) is 17.1 Å². The number of esters is 1. The van der Waals surface area contributed by atoms with Gasteiger partial charge in [-0.15, -0.1) is 0 Å². The van der Waals surface area contributed by atoms with Crippen LogP contribution in [0.4, 0.5) is 8.78 Å². The summed E-state index contributed by atoms with van der Waals surface area (Å²) in [6, 6.07) is 11.2. The molecule has 3 aromatic rings. The molecule has 1 heterocycles. The Morgan fingerprint density at radius 3 is 2.28 bits per heavy atom. The third-order valence-electron chi connectivity index (χ3n) is 3.77. The molecule has 0 saturated carbocycles. The standard InChI is InChI=1S/C22H19F2NO4/c1-13(2)27-21-9-8-16(12-25-21)28-20-11-18(23)17(10-19(20)24)22(26)29-15-6-4-14(3)5-7-15/h4-13H,1-3H3. The third kappa shape index (κ3) is 5.28. The summed E-state index contributed by atoms with van der Waals surface area (Å²) in [5.74, 6) is -2.46. The van der Waals surface area contributed by atoms with Gasteiger partial charge in [0.05, 0.1) is 17.9 Å². The van der Waals surface area contributed by atoms with E-state index >= 15 is 0 Å². The van der Waals surface area contributed by atoms with Crippen molar-refractivity contribution in [1.82, 2.24) is 4.98 Å². The molecule has 0 aliphatic carbocycles. The van der Waals surface area contributed by atoms with Crippen LogP contribution >= 0.6 is 0 Å². The zero-order valence-corrected chi connectivity index (χ0v) is 16.1. The van der Waals surface area contributed by atoms with Crippen LogP contribution in [0, 0.1) is 18.6 Å². The van der Waals surface area contributed by atoms with E-state index in [1.54, 1.807) is 30.3 Å². The Morgan fingerprint density at radius 1 is 0.966 bits per heavy atom. The highest BCUT2D eigenvalue weighted by Gasteiger charge is 2.19. The van der Waals surface area contributed by atoms with Crippen molar-refractivity contribution in [2.75, 3.05) is 0 Å². The average molecular weight is 399 g/mol. The van der Waals surface area contributed by atoms with Gasteiger partial charge in [0, 0.05) is 12.1 Å². The molecule has 3 rings (SSSR count). The maximum Gasteiger partial charge on any atom is 0.346 e.